The van der Waals surface area contributed by atoms with Crippen LogP contribution in [0, 0.1) is 5.92 Å². The van der Waals surface area contributed by atoms with Crippen molar-refractivity contribution in [1.29, 1.82) is 0 Å². The van der Waals surface area contributed by atoms with E-state index in [9.17, 15) is 9.59 Å². The molecule has 1 heterocycles. The van der Waals surface area contributed by atoms with E-state index in [0.29, 0.717) is 0 Å². The topological polar surface area (TPSA) is 83.8 Å². The summed E-state index contributed by atoms with van der Waals surface area (Å²) in [7, 11) is 0. The van der Waals surface area contributed by atoms with Crippen molar-refractivity contribution in [2.24, 2.45) is 5.92 Å². The second-order valence-corrected chi connectivity index (χ2v) is 5.53. The number of aliphatic hydroxyl groups is 1. The second kappa shape index (κ2) is 9.75. The Labute approximate surface area is 120 Å². The highest BCUT2D eigenvalue weighted by molar-refractivity contribution is 5.78. The lowest BCUT2D eigenvalue weighted by Crippen LogP contribution is -2.47. The lowest BCUT2D eigenvalue weighted by atomic mass is 9.93. The Morgan fingerprint density at radius 3 is 2.05 bits per heavy atom. The fourth-order valence-electron chi connectivity index (χ4n) is 2.53. The van der Waals surface area contributed by atoms with Crippen molar-refractivity contribution in [3.8, 4) is 0 Å². The maximum atomic E-state index is 11.0. The molecule has 0 aromatic rings. The van der Waals surface area contributed by atoms with Crippen molar-refractivity contribution in [2.45, 2.75) is 70.3 Å². The molecule has 0 unspecified atom stereocenters. The van der Waals surface area contributed by atoms with Crippen LogP contribution in [0.5, 0.6) is 0 Å². The van der Waals surface area contributed by atoms with Gasteiger partial charge in [0.2, 0.25) is 0 Å². The van der Waals surface area contributed by atoms with E-state index in [1.807, 2.05) is 0 Å². The average molecular weight is 286 g/mol. The summed E-state index contributed by atoms with van der Waals surface area (Å²) in [6.45, 7) is -0.0974. The van der Waals surface area contributed by atoms with Gasteiger partial charge in [0.1, 0.15) is 12.0 Å². The van der Waals surface area contributed by atoms with E-state index in [1.165, 1.54) is 12.8 Å². The van der Waals surface area contributed by atoms with Gasteiger partial charge in [-0.25, -0.2) is 0 Å². The van der Waals surface area contributed by atoms with Crippen LogP contribution in [0.1, 0.15) is 64.2 Å². The molecule has 1 rings (SSSR count). The van der Waals surface area contributed by atoms with Crippen LogP contribution >= 0.6 is 0 Å². The summed E-state index contributed by atoms with van der Waals surface area (Å²) in [6, 6.07) is 0. The van der Waals surface area contributed by atoms with Crippen LogP contribution in [0.25, 0.3) is 0 Å². The van der Waals surface area contributed by atoms with Crippen molar-refractivity contribution >= 4 is 11.9 Å². The van der Waals surface area contributed by atoms with E-state index < -0.39 is 5.97 Å². The van der Waals surface area contributed by atoms with Crippen LogP contribution in [0.3, 0.4) is 0 Å². The molecule has 0 aliphatic carbocycles. The number of aliphatic carboxylic acids is 1. The molecule has 1 fully saturated rings. The quantitative estimate of drug-likeness (QED) is 0.425. The monoisotopic (exact) mass is 286 g/mol. The first-order chi connectivity index (χ1) is 9.65. The number of carbonyl (C=O) groups is 2. The summed E-state index contributed by atoms with van der Waals surface area (Å²) in [5.74, 6) is -1.26. The second-order valence-electron chi connectivity index (χ2n) is 5.53. The molecule has 0 amide bonds. The highest BCUT2D eigenvalue weighted by atomic mass is 16.6. The Morgan fingerprint density at radius 2 is 1.55 bits per heavy atom. The lowest BCUT2D eigenvalue weighted by molar-refractivity contribution is -0.189. The molecule has 1 aliphatic rings. The summed E-state index contributed by atoms with van der Waals surface area (Å²) in [6.07, 6.45) is 9.65. The molecule has 0 spiro atoms. The number of hydrogen-bond donors (Lipinski definition) is 2. The number of carboxylic acids is 1. The minimum absolute atomic E-state index is 0.0662. The highest BCUT2D eigenvalue weighted by Crippen LogP contribution is 2.26. The van der Waals surface area contributed by atoms with Crippen molar-refractivity contribution in [2.75, 3.05) is 6.61 Å². The van der Waals surface area contributed by atoms with Gasteiger partial charge in [-0.05, 0) is 19.3 Å². The minimum Gasteiger partial charge on any atom is -0.481 e. The molecule has 20 heavy (non-hydrogen) atoms. The zero-order valence-electron chi connectivity index (χ0n) is 12.1. The molecule has 0 bridgehead atoms. The van der Waals surface area contributed by atoms with Crippen molar-refractivity contribution < 1.29 is 24.5 Å². The first-order valence-corrected chi connectivity index (χ1v) is 7.68. The van der Waals surface area contributed by atoms with Gasteiger partial charge in [-0.1, -0.05) is 38.5 Å². The molecule has 2 atom stereocenters. The number of rotatable bonds is 12. The third-order valence-electron chi connectivity index (χ3n) is 3.85. The fraction of sp³-hybridized carbons (Fsp3) is 0.867. The number of cyclic esters (lactones) is 1. The summed E-state index contributed by atoms with van der Waals surface area (Å²) >= 11 is 0. The number of carbonyl (C=O) groups excluding carboxylic acids is 1. The first kappa shape index (κ1) is 17.0. The van der Waals surface area contributed by atoms with Gasteiger partial charge in [0, 0.05) is 6.42 Å². The van der Waals surface area contributed by atoms with Crippen LogP contribution in [0.4, 0.5) is 0 Å². The molecular formula is C15H26O5. The van der Waals surface area contributed by atoms with Crippen molar-refractivity contribution in [1.82, 2.24) is 0 Å². The van der Waals surface area contributed by atoms with Gasteiger partial charge in [-0.15, -0.1) is 0 Å². The predicted molar refractivity (Wildman–Crippen MR) is 74.3 cm³/mol. The molecule has 116 valence electrons. The number of hydrogen-bond acceptors (Lipinski definition) is 4. The zero-order valence-corrected chi connectivity index (χ0v) is 12.1. The average Bonchev–Trinajstić information content (AvgIpc) is 2.39. The van der Waals surface area contributed by atoms with Crippen molar-refractivity contribution in [3.63, 3.8) is 0 Å². The Balaban J connectivity index is 1.81. The molecule has 5 heteroatoms. The summed E-state index contributed by atoms with van der Waals surface area (Å²) in [5, 5.41) is 17.5. The molecule has 0 aromatic carbocycles. The van der Waals surface area contributed by atoms with E-state index in [1.54, 1.807) is 0 Å². The number of carboxylic acid groups (broad SMARTS) is 1. The molecule has 1 saturated heterocycles. The number of unbranched alkanes of at least 4 members (excludes halogenated alkanes) is 7. The fourth-order valence-corrected chi connectivity index (χ4v) is 2.53. The van der Waals surface area contributed by atoms with Crippen LogP contribution in [-0.4, -0.2) is 34.9 Å². The SMILES string of the molecule is O=C(O)CCCCCCCCCC[C@@H]1OC(=O)[C@H]1CO. The van der Waals surface area contributed by atoms with Gasteiger partial charge in [0.15, 0.2) is 0 Å². The molecule has 0 radical (unpaired) electrons. The Hall–Kier alpha value is -1.10. The van der Waals surface area contributed by atoms with E-state index >= 15 is 0 Å². The minimum atomic E-state index is -0.706. The number of ether oxygens (including phenoxy) is 1. The maximum absolute atomic E-state index is 11.0. The first-order valence-electron chi connectivity index (χ1n) is 7.68. The molecule has 2 N–H and O–H groups in total. The number of esters is 1. The Kier molecular flexibility index (Phi) is 8.26. The summed E-state index contributed by atoms with van der Waals surface area (Å²) in [4.78, 5) is 21.3. The summed E-state index contributed by atoms with van der Waals surface area (Å²) < 4.78 is 4.99. The number of aliphatic hydroxyl groups excluding tert-OH is 1. The third kappa shape index (κ3) is 6.37. The van der Waals surface area contributed by atoms with Crippen LogP contribution in [0.15, 0.2) is 0 Å². The molecule has 1 aliphatic heterocycles. The molecule has 5 nitrogen and oxygen atoms in total. The highest BCUT2D eigenvalue weighted by Gasteiger charge is 2.40. The van der Waals surface area contributed by atoms with Gasteiger partial charge in [-0.2, -0.15) is 0 Å². The normalized spacial score (nSPS) is 21.4. The largest absolute Gasteiger partial charge is 0.481 e. The van der Waals surface area contributed by atoms with Gasteiger partial charge in [-0.3, -0.25) is 9.59 Å². The molecule has 0 aromatic heterocycles. The van der Waals surface area contributed by atoms with Crippen LogP contribution in [0.2, 0.25) is 0 Å². The van der Waals surface area contributed by atoms with Gasteiger partial charge in [0.05, 0.1) is 6.61 Å². The van der Waals surface area contributed by atoms with E-state index in [4.69, 9.17) is 14.9 Å². The van der Waals surface area contributed by atoms with Gasteiger partial charge < -0.3 is 14.9 Å². The lowest BCUT2D eigenvalue weighted by Gasteiger charge is -2.33. The van der Waals surface area contributed by atoms with E-state index in [2.05, 4.69) is 0 Å². The van der Waals surface area contributed by atoms with E-state index in [-0.39, 0.29) is 31.0 Å². The van der Waals surface area contributed by atoms with Crippen molar-refractivity contribution in [3.05, 3.63) is 0 Å². The van der Waals surface area contributed by atoms with Crippen LogP contribution < -0.4 is 0 Å². The standard InChI is InChI=1S/C15H26O5/c16-11-12-13(20-15(12)19)9-7-5-3-1-2-4-6-8-10-14(17)18/h12-13,16H,1-11H2,(H,17,18)/t12-,13-/m0/s1. The Morgan fingerprint density at radius 1 is 1.00 bits per heavy atom. The van der Waals surface area contributed by atoms with Crippen LogP contribution in [-0.2, 0) is 14.3 Å². The molecular weight excluding hydrogens is 260 g/mol. The maximum Gasteiger partial charge on any atom is 0.315 e. The smallest absolute Gasteiger partial charge is 0.315 e. The molecule has 0 saturated carbocycles. The Bertz CT molecular complexity index is 303. The predicted octanol–water partition coefficient (Wildman–Crippen LogP) is 2.51. The zero-order chi connectivity index (χ0) is 14.8. The van der Waals surface area contributed by atoms with E-state index in [0.717, 1.165) is 44.9 Å². The summed E-state index contributed by atoms with van der Waals surface area (Å²) in [5.41, 5.74) is 0. The van der Waals surface area contributed by atoms with Gasteiger partial charge >= 0.3 is 11.9 Å². The van der Waals surface area contributed by atoms with Gasteiger partial charge in [0.25, 0.3) is 0 Å². The third-order valence-corrected chi connectivity index (χ3v) is 3.85.